The molecule has 1 saturated heterocycles. The Hall–Kier alpha value is -2.92. The van der Waals surface area contributed by atoms with Gasteiger partial charge in [-0.3, -0.25) is 9.59 Å². The zero-order chi connectivity index (χ0) is 18.7. The molecular weight excluding hydrogens is 330 g/mol. The molecule has 1 aliphatic rings. The van der Waals surface area contributed by atoms with E-state index in [1.807, 2.05) is 37.3 Å². The molecule has 0 spiro atoms. The van der Waals surface area contributed by atoms with E-state index in [4.69, 9.17) is 4.74 Å². The summed E-state index contributed by atoms with van der Waals surface area (Å²) in [5, 5.41) is 10.8. The molecule has 2 aromatic rings. The van der Waals surface area contributed by atoms with Gasteiger partial charge in [0, 0.05) is 19.2 Å². The molecule has 5 heteroatoms. The molecule has 1 fully saturated rings. The van der Waals surface area contributed by atoms with Gasteiger partial charge in [0.2, 0.25) is 0 Å². The normalized spacial score (nSPS) is 19.2. The molecular formula is C21H21NO4. The van der Waals surface area contributed by atoms with E-state index in [2.05, 4.69) is 0 Å². The second-order valence-corrected chi connectivity index (χ2v) is 6.26. The first-order valence-corrected chi connectivity index (χ1v) is 8.44. The van der Waals surface area contributed by atoms with E-state index in [9.17, 15) is 14.7 Å². The van der Waals surface area contributed by atoms with Gasteiger partial charge in [-0.25, -0.2) is 0 Å². The summed E-state index contributed by atoms with van der Waals surface area (Å²) in [6, 6.07) is 15.8. The van der Waals surface area contributed by atoms with E-state index in [1.54, 1.807) is 31.4 Å². The zero-order valence-electron chi connectivity index (χ0n) is 14.8. The van der Waals surface area contributed by atoms with Crippen molar-refractivity contribution in [1.29, 1.82) is 0 Å². The highest BCUT2D eigenvalue weighted by Crippen LogP contribution is 2.39. The third kappa shape index (κ3) is 3.26. The largest absolute Gasteiger partial charge is 0.507 e. The number of hydrogen-bond acceptors (Lipinski definition) is 4. The Morgan fingerprint density at radius 3 is 2.35 bits per heavy atom. The molecule has 0 radical (unpaired) electrons. The van der Waals surface area contributed by atoms with Crippen molar-refractivity contribution in [3.8, 4) is 0 Å². The first kappa shape index (κ1) is 17.9. The molecule has 1 heterocycles. The molecule has 3 rings (SSSR count). The van der Waals surface area contributed by atoms with Crippen LogP contribution in [0.15, 0.2) is 60.2 Å². The number of aryl methyl sites for hydroxylation is 1. The van der Waals surface area contributed by atoms with Crippen LogP contribution in [-0.4, -0.2) is 42.0 Å². The molecule has 0 saturated carbocycles. The van der Waals surface area contributed by atoms with Crippen LogP contribution in [0.4, 0.5) is 0 Å². The first-order chi connectivity index (χ1) is 12.5. The number of ketones is 1. The van der Waals surface area contributed by atoms with Gasteiger partial charge >= 0.3 is 0 Å². The summed E-state index contributed by atoms with van der Waals surface area (Å²) in [7, 11) is 1.54. The van der Waals surface area contributed by atoms with Gasteiger partial charge in [0.25, 0.3) is 11.7 Å². The maximum absolute atomic E-state index is 12.7. The van der Waals surface area contributed by atoms with Crippen molar-refractivity contribution < 1.29 is 19.4 Å². The number of Topliss-reactive ketones (excluding diaryl/α,β-unsaturated/α-hetero) is 1. The molecule has 0 aromatic heterocycles. The van der Waals surface area contributed by atoms with E-state index in [-0.39, 0.29) is 17.9 Å². The Kier molecular flexibility index (Phi) is 5.19. The molecule has 1 amide bonds. The lowest BCUT2D eigenvalue weighted by Crippen LogP contribution is -2.32. The fourth-order valence-corrected chi connectivity index (χ4v) is 3.15. The molecule has 2 aromatic carbocycles. The van der Waals surface area contributed by atoms with E-state index in [0.29, 0.717) is 12.2 Å². The molecule has 1 atom stereocenters. The van der Waals surface area contributed by atoms with Gasteiger partial charge in [-0.2, -0.15) is 0 Å². The van der Waals surface area contributed by atoms with Gasteiger partial charge in [0.15, 0.2) is 0 Å². The van der Waals surface area contributed by atoms with Crippen LogP contribution < -0.4 is 0 Å². The number of hydrogen-bond donors (Lipinski definition) is 1. The summed E-state index contributed by atoms with van der Waals surface area (Å²) in [4.78, 5) is 26.7. The quantitative estimate of drug-likeness (QED) is 0.511. The molecule has 0 aliphatic carbocycles. The number of carbonyl (C=O) groups excluding carboxylic acids is 2. The molecule has 1 N–H and O–H groups in total. The highest BCUT2D eigenvalue weighted by atomic mass is 16.5. The van der Waals surface area contributed by atoms with Gasteiger partial charge in [-0.15, -0.1) is 0 Å². The number of amides is 1. The summed E-state index contributed by atoms with van der Waals surface area (Å²) >= 11 is 0. The molecule has 0 unspecified atom stereocenters. The van der Waals surface area contributed by atoms with Crippen LogP contribution in [0.3, 0.4) is 0 Å². The van der Waals surface area contributed by atoms with Crippen molar-refractivity contribution in [3.05, 3.63) is 76.9 Å². The Morgan fingerprint density at radius 2 is 1.73 bits per heavy atom. The van der Waals surface area contributed by atoms with Crippen LogP contribution in [-0.2, 0) is 14.3 Å². The molecule has 1 aliphatic heterocycles. The van der Waals surface area contributed by atoms with Crippen LogP contribution >= 0.6 is 0 Å². The van der Waals surface area contributed by atoms with Crippen LogP contribution in [0.5, 0.6) is 0 Å². The van der Waals surface area contributed by atoms with E-state index in [0.717, 1.165) is 11.1 Å². The molecule has 134 valence electrons. The fourth-order valence-electron chi connectivity index (χ4n) is 3.15. The summed E-state index contributed by atoms with van der Waals surface area (Å²) in [6.07, 6.45) is 0. The number of aliphatic hydroxyl groups excluding tert-OH is 1. The van der Waals surface area contributed by atoms with Crippen LogP contribution in [0.1, 0.15) is 22.7 Å². The topological polar surface area (TPSA) is 66.8 Å². The summed E-state index contributed by atoms with van der Waals surface area (Å²) in [5.41, 5.74) is 2.48. The van der Waals surface area contributed by atoms with Crippen LogP contribution in [0, 0.1) is 6.92 Å². The minimum atomic E-state index is -0.673. The lowest BCUT2D eigenvalue weighted by Gasteiger charge is -2.25. The number of carbonyl (C=O) groups is 2. The summed E-state index contributed by atoms with van der Waals surface area (Å²) in [5.74, 6) is -1.45. The van der Waals surface area contributed by atoms with Crippen molar-refractivity contribution in [2.45, 2.75) is 13.0 Å². The van der Waals surface area contributed by atoms with E-state index < -0.39 is 17.7 Å². The smallest absolute Gasteiger partial charge is 0.295 e. The fraction of sp³-hybridized carbons (Fsp3) is 0.238. The Morgan fingerprint density at radius 1 is 1.08 bits per heavy atom. The zero-order valence-corrected chi connectivity index (χ0v) is 14.8. The monoisotopic (exact) mass is 351 g/mol. The van der Waals surface area contributed by atoms with E-state index in [1.165, 1.54) is 4.90 Å². The number of benzene rings is 2. The number of nitrogens with zero attached hydrogens (tertiary/aromatic N) is 1. The van der Waals surface area contributed by atoms with Gasteiger partial charge in [-0.05, 0) is 12.5 Å². The number of aliphatic hydroxyl groups is 1. The molecule has 26 heavy (non-hydrogen) atoms. The Bertz CT molecular complexity index is 840. The van der Waals surface area contributed by atoms with Crippen molar-refractivity contribution in [2.75, 3.05) is 20.3 Å². The maximum Gasteiger partial charge on any atom is 0.295 e. The lowest BCUT2D eigenvalue weighted by atomic mass is 9.95. The van der Waals surface area contributed by atoms with Gasteiger partial charge < -0.3 is 14.7 Å². The lowest BCUT2D eigenvalue weighted by molar-refractivity contribution is -0.140. The van der Waals surface area contributed by atoms with Crippen molar-refractivity contribution in [3.63, 3.8) is 0 Å². The highest BCUT2D eigenvalue weighted by Gasteiger charge is 2.45. The molecule has 0 bridgehead atoms. The number of likely N-dealkylation sites (tertiary alicyclic amines) is 1. The van der Waals surface area contributed by atoms with Gasteiger partial charge in [0.05, 0.1) is 18.2 Å². The van der Waals surface area contributed by atoms with Crippen molar-refractivity contribution >= 4 is 17.4 Å². The standard InChI is InChI=1S/C21H21NO4/c1-14-8-10-15(11-9-14)18-17(19(23)16-6-4-3-5-7-16)20(24)21(25)22(18)12-13-26-2/h3-11,18,23H,12-13H2,1-2H3/b19-17+/t18-/m0/s1. The number of ether oxygens (including phenoxy) is 1. The Balaban J connectivity index is 2.15. The van der Waals surface area contributed by atoms with Crippen molar-refractivity contribution in [1.82, 2.24) is 4.90 Å². The minimum absolute atomic E-state index is 0.112. The average Bonchev–Trinajstić information content (AvgIpc) is 2.91. The van der Waals surface area contributed by atoms with Gasteiger partial charge in [-0.1, -0.05) is 60.2 Å². The SMILES string of the molecule is COCCN1C(=O)C(=O)/C(=C(/O)c2ccccc2)[C@@H]1c1ccc(C)cc1. The van der Waals surface area contributed by atoms with Crippen LogP contribution in [0.25, 0.3) is 5.76 Å². The summed E-state index contributed by atoms with van der Waals surface area (Å²) < 4.78 is 5.09. The predicted octanol–water partition coefficient (Wildman–Crippen LogP) is 3.06. The number of methoxy groups -OCH3 is 1. The minimum Gasteiger partial charge on any atom is -0.507 e. The molecule has 5 nitrogen and oxygen atoms in total. The summed E-state index contributed by atoms with van der Waals surface area (Å²) in [6.45, 7) is 2.54. The second kappa shape index (κ2) is 7.54. The predicted molar refractivity (Wildman–Crippen MR) is 98.5 cm³/mol. The third-order valence-electron chi connectivity index (χ3n) is 4.52. The van der Waals surface area contributed by atoms with Crippen LogP contribution in [0.2, 0.25) is 0 Å². The van der Waals surface area contributed by atoms with Crippen molar-refractivity contribution in [2.24, 2.45) is 0 Å². The first-order valence-electron chi connectivity index (χ1n) is 8.44. The maximum atomic E-state index is 12.7. The Labute approximate surface area is 152 Å². The third-order valence-corrected chi connectivity index (χ3v) is 4.52. The average molecular weight is 351 g/mol. The van der Waals surface area contributed by atoms with E-state index >= 15 is 0 Å². The highest BCUT2D eigenvalue weighted by molar-refractivity contribution is 6.46. The second-order valence-electron chi connectivity index (χ2n) is 6.26. The number of rotatable bonds is 5. The van der Waals surface area contributed by atoms with Gasteiger partial charge in [0.1, 0.15) is 5.76 Å².